The fourth-order valence-corrected chi connectivity index (χ4v) is 2.80. The monoisotopic (exact) mass is 295 g/mol. The highest BCUT2D eigenvalue weighted by atomic mass is 16.5. The number of rotatable bonds is 3. The maximum absolute atomic E-state index is 5.46. The molecule has 0 N–H and O–H groups in total. The van der Waals surface area contributed by atoms with E-state index in [0.29, 0.717) is 0 Å². The van der Waals surface area contributed by atoms with E-state index in [1.54, 1.807) is 7.11 Å². The van der Waals surface area contributed by atoms with Gasteiger partial charge in [-0.3, -0.25) is 0 Å². The molecule has 0 radical (unpaired) electrons. The molecule has 0 atom stereocenters. The van der Waals surface area contributed by atoms with Crippen LogP contribution in [0.3, 0.4) is 0 Å². The van der Waals surface area contributed by atoms with Gasteiger partial charge in [0.15, 0.2) is 5.65 Å². The summed E-state index contributed by atoms with van der Waals surface area (Å²) in [6.45, 7) is 6.53. The van der Waals surface area contributed by atoms with Crippen LogP contribution in [0.25, 0.3) is 11.2 Å². The van der Waals surface area contributed by atoms with Gasteiger partial charge in [0.1, 0.15) is 17.1 Å². The molecule has 0 fully saturated rings. The summed E-state index contributed by atoms with van der Waals surface area (Å²) in [5, 5.41) is 0. The van der Waals surface area contributed by atoms with Gasteiger partial charge in [-0.15, -0.1) is 0 Å². The van der Waals surface area contributed by atoms with Gasteiger partial charge in [-0.05, 0) is 39.0 Å². The lowest BCUT2D eigenvalue weighted by Gasteiger charge is -2.24. The van der Waals surface area contributed by atoms with Crippen molar-refractivity contribution in [2.45, 2.75) is 32.7 Å². The molecule has 0 saturated heterocycles. The molecule has 0 aliphatic carbocycles. The van der Waals surface area contributed by atoms with Crippen molar-refractivity contribution in [2.24, 2.45) is 0 Å². The SMILES string of the molecule is COc1ccccc1Cc1nc2cccnc2n1C(C)(C)C. The smallest absolute Gasteiger partial charge is 0.160 e. The highest BCUT2D eigenvalue weighted by Gasteiger charge is 2.22. The van der Waals surface area contributed by atoms with Crippen molar-refractivity contribution in [3.8, 4) is 5.75 Å². The van der Waals surface area contributed by atoms with Crippen LogP contribution in [0.15, 0.2) is 42.6 Å². The highest BCUT2D eigenvalue weighted by Crippen LogP contribution is 2.27. The van der Waals surface area contributed by atoms with Crippen molar-refractivity contribution in [2.75, 3.05) is 7.11 Å². The minimum atomic E-state index is -0.0829. The summed E-state index contributed by atoms with van der Waals surface area (Å²) in [5.41, 5.74) is 2.91. The summed E-state index contributed by atoms with van der Waals surface area (Å²) in [4.78, 5) is 9.32. The predicted molar refractivity (Wildman–Crippen MR) is 88.3 cm³/mol. The molecule has 1 aromatic carbocycles. The maximum Gasteiger partial charge on any atom is 0.160 e. The molecule has 2 heterocycles. The first kappa shape index (κ1) is 14.6. The zero-order valence-electron chi connectivity index (χ0n) is 13.5. The first-order chi connectivity index (χ1) is 10.5. The zero-order chi connectivity index (χ0) is 15.7. The van der Waals surface area contributed by atoms with E-state index < -0.39 is 0 Å². The summed E-state index contributed by atoms with van der Waals surface area (Å²) >= 11 is 0. The zero-order valence-corrected chi connectivity index (χ0v) is 13.5. The predicted octanol–water partition coefficient (Wildman–Crippen LogP) is 3.79. The van der Waals surface area contributed by atoms with Crippen LogP contribution in [-0.2, 0) is 12.0 Å². The van der Waals surface area contributed by atoms with Gasteiger partial charge < -0.3 is 9.30 Å². The van der Waals surface area contributed by atoms with Crippen molar-refractivity contribution in [1.82, 2.24) is 14.5 Å². The van der Waals surface area contributed by atoms with Crippen molar-refractivity contribution >= 4 is 11.2 Å². The van der Waals surface area contributed by atoms with Gasteiger partial charge in [-0.25, -0.2) is 9.97 Å². The Morgan fingerprint density at radius 1 is 1.09 bits per heavy atom. The van der Waals surface area contributed by atoms with Crippen LogP contribution in [0.1, 0.15) is 32.2 Å². The normalized spacial score (nSPS) is 11.8. The van der Waals surface area contributed by atoms with Gasteiger partial charge in [-0.1, -0.05) is 18.2 Å². The molecule has 0 bridgehead atoms. The molecule has 0 saturated carbocycles. The van der Waals surface area contributed by atoms with Gasteiger partial charge in [0.25, 0.3) is 0 Å². The number of benzene rings is 1. The third-order valence-corrected chi connectivity index (χ3v) is 3.70. The number of fused-ring (bicyclic) bond motifs is 1. The lowest BCUT2D eigenvalue weighted by molar-refractivity contribution is 0.390. The van der Waals surface area contributed by atoms with Crippen molar-refractivity contribution in [1.29, 1.82) is 0 Å². The average Bonchev–Trinajstić information content (AvgIpc) is 2.85. The Morgan fingerprint density at radius 3 is 2.59 bits per heavy atom. The number of hydrogen-bond donors (Lipinski definition) is 0. The Labute approximate surface area is 130 Å². The van der Waals surface area contributed by atoms with Crippen LogP contribution >= 0.6 is 0 Å². The van der Waals surface area contributed by atoms with Crippen LogP contribution < -0.4 is 4.74 Å². The number of pyridine rings is 1. The topological polar surface area (TPSA) is 39.9 Å². The number of imidazole rings is 1. The Bertz CT molecular complexity index is 799. The molecule has 114 valence electrons. The average molecular weight is 295 g/mol. The van der Waals surface area contributed by atoms with Crippen LogP contribution in [0, 0.1) is 0 Å². The molecular formula is C18H21N3O. The Hall–Kier alpha value is -2.36. The van der Waals surface area contributed by atoms with Gasteiger partial charge in [0.2, 0.25) is 0 Å². The van der Waals surface area contributed by atoms with Gasteiger partial charge in [0.05, 0.1) is 7.11 Å². The molecular weight excluding hydrogens is 274 g/mol. The van der Waals surface area contributed by atoms with Gasteiger partial charge in [0, 0.05) is 23.7 Å². The molecule has 22 heavy (non-hydrogen) atoms. The lowest BCUT2D eigenvalue weighted by atomic mass is 10.1. The third kappa shape index (κ3) is 2.56. The summed E-state index contributed by atoms with van der Waals surface area (Å²) in [6, 6.07) is 12.0. The van der Waals surface area contributed by atoms with Crippen molar-refractivity contribution in [3.05, 3.63) is 54.0 Å². The van der Waals surface area contributed by atoms with Crippen LogP contribution in [-0.4, -0.2) is 21.6 Å². The number of aromatic nitrogens is 3. The van der Waals surface area contributed by atoms with E-state index >= 15 is 0 Å². The fourth-order valence-electron chi connectivity index (χ4n) is 2.80. The molecule has 0 aliphatic heterocycles. The van der Waals surface area contributed by atoms with E-state index in [4.69, 9.17) is 9.72 Å². The van der Waals surface area contributed by atoms with E-state index in [2.05, 4.69) is 36.4 Å². The minimum Gasteiger partial charge on any atom is -0.496 e. The molecule has 3 rings (SSSR count). The number of para-hydroxylation sites is 1. The third-order valence-electron chi connectivity index (χ3n) is 3.70. The second-order valence-electron chi connectivity index (χ2n) is 6.37. The van der Waals surface area contributed by atoms with Crippen LogP contribution in [0.4, 0.5) is 0 Å². The molecule has 4 nitrogen and oxygen atoms in total. The van der Waals surface area contributed by atoms with Crippen LogP contribution in [0.2, 0.25) is 0 Å². The van der Waals surface area contributed by atoms with Gasteiger partial charge >= 0.3 is 0 Å². The van der Waals surface area contributed by atoms with Crippen molar-refractivity contribution < 1.29 is 4.74 Å². The molecule has 4 heteroatoms. The molecule has 0 amide bonds. The summed E-state index contributed by atoms with van der Waals surface area (Å²) in [5.74, 6) is 1.90. The van der Waals surface area contributed by atoms with Crippen LogP contribution in [0.5, 0.6) is 5.75 Å². The molecule has 0 unspecified atom stereocenters. The number of hydrogen-bond acceptors (Lipinski definition) is 3. The Balaban J connectivity index is 2.14. The summed E-state index contributed by atoms with van der Waals surface area (Å²) in [7, 11) is 1.70. The van der Waals surface area contributed by atoms with E-state index in [9.17, 15) is 0 Å². The quantitative estimate of drug-likeness (QED) is 0.738. The molecule has 2 aromatic heterocycles. The van der Waals surface area contributed by atoms with Crippen molar-refractivity contribution in [3.63, 3.8) is 0 Å². The molecule has 0 spiro atoms. The first-order valence-corrected chi connectivity index (χ1v) is 7.45. The maximum atomic E-state index is 5.46. The largest absolute Gasteiger partial charge is 0.496 e. The van der Waals surface area contributed by atoms with E-state index in [-0.39, 0.29) is 5.54 Å². The first-order valence-electron chi connectivity index (χ1n) is 7.45. The highest BCUT2D eigenvalue weighted by molar-refractivity contribution is 5.71. The second-order valence-corrected chi connectivity index (χ2v) is 6.37. The molecule has 3 aromatic rings. The fraction of sp³-hybridized carbons (Fsp3) is 0.333. The Morgan fingerprint density at radius 2 is 1.86 bits per heavy atom. The van der Waals surface area contributed by atoms with E-state index in [1.165, 1.54) is 0 Å². The second kappa shape index (κ2) is 5.44. The molecule has 0 aliphatic rings. The number of ether oxygens (including phenoxy) is 1. The minimum absolute atomic E-state index is 0.0829. The standard InChI is InChI=1S/C18H21N3O/c1-18(2,3)21-16(20-14-9-7-11-19-17(14)21)12-13-8-5-6-10-15(13)22-4/h5-11H,12H2,1-4H3. The number of nitrogens with zero attached hydrogens (tertiary/aromatic N) is 3. The summed E-state index contributed by atoms with van der Waals surface area (Å²) in [6.07, 6.45) is 2.54. The van der Waals surface area contributed by atoms with E-state index in [0.717, 1.165) is 34.7 Å². The lowest BCUT2D eigenvalue weighted by Crippen LogP contribution is -2.24. The van der Waals surface area contributed by atoms with Gasteiger partial charge in [-0.2, -0.15) is 0 Å². The summed E-state index contributed by atoms with van der Waals surface area (Å²) < 4.78 is 7.68. The Kier molecular flexibility index (Phi) is 3.61. The van der Waals surface area contributed by atoms with E-state index in [1.807, 2.05) is 36.5 Å². The number of methoxy groups -OCH3 is 1.